The SMILES string of the molecule is Cc1cc(S(=O)(=O)Cl)nc(N)c1C(F)F. The molecular weight excluding hydrogens is 250 g/mol. The van der Waals surface area contributed by atoms with Gasteiger partial charge in [-0.05, 0) is 18.6 Å². The Labute approximate surface area is 89.5 Å². The summed E-state index contributed by atoms with van der Waals surface area (Å²) in [7, 11) is 0.947. The molecule has 1 aromatic rings. The molecule has 84 valence electrons. The van der Waals surface area contributed by atoms with E-state index >= 15 is 0 Å². The van der Waals surface area contributed by atoms with Gasteiger partial charge in [0, 0.05) is 10.7 Å². The molecule has 0 radical (unpaired) electrons. The van der Waals surface area contributed by atoms with E-state index in [1.807, 2.05) is 0 Å². The number of hydrogen-bond acceptors (Lipinski definition) is 4. The number of alkyl halides is 2. The zero-order valence-electron chi connectivity index (χ0n) is 7.54. The van der Waals surface area contributed by atoms with E-state index in [-0.39, 0.29) is 5.56 Å². The average molecular weight is 257 g/mol. The van der Waals surface area contributed by atoms with Crippen LogP contribution in [0.1, 0.15) is 17.6 Å². The summed E-state index contributed by atoms with van der Waals surface area (Å²) in [5.41, 5.74) is 4.77. The molecule has 0 amide bonds. The molecular formula is C7H7ClF2N2O2S. The van der Waals surface area contributed by atoms with Crippen LogP contribution in [0.2, 0.25) is 0 Å². The fourth-order valence-corrected chi connectivity index (χ4v) is 1.85. The molecule has 8 heteroatoms. The van der Waals surface area contributed by atoms with Crippen molar-refractivity contribution in [2.75, 3.05) is 5.73 Å². The molecule has 0 aliphatic carbocycles. The molecule has 0 aliphatic heterocycles. The number of rotatable bonds is 2. The molecule has 0 spiro atoms. The van der Waals surface area contributed by atoms with Crippen LogP contribution in [-0.2, 0) is 9.05 Å². The molecule has 0 unspecified atom stereocenters. The van der Waals surface area contributed by atoms with Gasteiger partial charge in [0.15, 0.2) is 5.03 Å². The van der Waals surface area contributed by atoms with Crippen LogP contribution >= 0.6 is 10.7 Å². The van der Waals surface area contributed by atoms with Crippen LogP contribution in [0, 0.1) is 6.92 Å². The van der Waals surface area contributed by atoms with Crippen molar-refractivity contribution in [1.29, 1.82) is 0 Å². The Kier molecular flexibility index (Phi) is 3.15. The molecule has 0 aromatic carbocycles. The highest BCUT2D eigenvalue weighted by Crippen LogP contribution is 2.29. The Morgan fingerprint density at radius 3 is 2.40 bits per heavy atom. The van der Waals surface area contributed by atoms with E-state index in [2.05, 4.69) is 4.98 Å². The maximum atomic E-state index is 12.4. The van der Waals surface area contributed by atoms with Crippen molar-refractivity contribution in [3.05, 3.63) is 17.2 Å². The second-order valence-electron chi connectivity index (χ2n) is 2.81. The number of anilines is 1. The maximum absolute atomic E-state index is 12.4. The van der Waals surface area contributed by atoms with Crippen LogP contribution in [0.4, 0.5) is 14.6 Å². The number of halogens is 3. The molecule has 15 heavy (non-hydrogen) atoms. The first-order chi connectivity index (χ1) is 6.73. The summed E-state index contributed by atoms with van der Waals surface area (Å²) in [6.07, 6.45) is -2.80. The van der Waals surface area contributed by atoms with E-state index in [1.54, 1.807) is 0 Å². The van der Waals surface area contributed by atoms with Gasteiger partial charge in [0.2, 0.25) is 0 Å². The lowest BCUT2D eigenvalue weighted by Crippen LogP contribution is -2.06. The number of nitrogen functional groups attached to an aromatic ring is 1. The number of pyridine rings is 1. The lowest BCUT2D eigenvalue weighted by Gasteiger charge is -2.08. The minimum Gasteiger partial charge on any atom is -0.383 e. The summed E-state index contributed by atoms with van der Waals surface area (Å²) < 4.78 is 46.6. The summed E-state index contributed by atoms with van der Waals surface area (Å²) in [4.78, 5) is 3.30. The average Bonchev–Trinajstić information content (AvgIpc) is 1.99. The number of nitrogens with zero attached hydrogens (tertiary/aromatic N) is 1. The Morgan fingerprint density at radius 2 is 2.07 bits per heavy atom. The lowest BCUT2D eigenvalue weighted by molar-refractivity contribution is 0.151. The highest BCUT2D eigenvalue weighted by atomic mass is 35.7. The first-order valence-corrected chi connectivity index (χ1v) is 6.04. The minimum absolute atomic E-state index is 0.0386. The second kappa shape index (κ2) is 3.90. The molecule has 1 aromatic heterocycles. The first-order valence-electron chi connectivity index (χ1n) is 3.73. The van der Waals surface area contributed by atoms with Crippen molar-refractivity contribution < 1.29 is 17.2 Å². The molecule has 1 rings (SSSR count). The summed E-state index contributed by atoms with van der Waals surface area (Å²) in [6, 6.07) is 0.959. The number of aryl methyl sites for hydroxylation is 1. The molecule has 0 saturated carbocycles. The molecule has 0 aliphatic rings. The number of nitrogens with two attached hydrogens (primary N) is 1. The van der Waals surface area contributed by atoms with Gasteiger partial charge in [-0.25, -0.2) is 22.2 Å². The van der Waals surface area contributed by atoms with E-state index in [1.165, 1.54) is 6.92 Å². The quantitative estimate of drug-likeness (QED) is 0.820. The van der Waals surface area contributed by atoms with Crippen molar-refractivity contribution in [2.24, 2.45) is 0 Å². The predicted molar refractivity (Wildman–Crippen MR) is 51.4 cm³/mol. The van der Waals surface area contributed by atoms with Crippen LogP contribution in [0.15, 0.2) is 11.1 Å². The summed E-state index contributed by atoms with van der Waals surface area (Å²) >= 11 is 0. The predicted octanol–water partition coefficient (Wildman–Crippen LogP) is 1.84. The normalized spacial score (nSPS) is 12.1. The summed E-state index contributed by atoms with van der Waals surface area (Å²) in [6.45, 7) is 1.31. The van der Waals surface area contributed by atoms with E-state index in [0.717, 1.165) is 6.07 Å². The smallest absolute Gasteiger partial charge is 0.278 e. The van der Waals surface area contributed by atoms with Crippen molar-refractivity contribution in [1.82, 2.24) is 4.98 Å². The standard InChI is InChI=1S/C7H7ClF2N2O2S/c1-3-2-4(15(8,13)14)12-7(11)5(3)6(9)10/h2,6H,1H3,(H2,11,12). The van der Waals surface area contributed by atoms with E-state index in [9.17, 15) is 17.2 Å². The van der Waals surface area contributed by atoms with Crippen molar-refractivity contribution in [2.45, 2.75) is 18.4 Å². The fraction of sp³-hybridized carbons (Fsp3) is 0.286. The molecule has 0 bridgehead atoms. The monoisotopic (exact) mass is 256 g/mol. The van der Waals surface area contributed by atoms with Crippen LogP contribution in [0.25, 0.3) is 0 Å². The molecule has 0 atom stereocenters. The zero-order valence-corrected chi connectivity index (χ0v) is 9.11. The molecule has 4 nitrogen and oxygen atoms in total. The largest absolute Gasteiger partial charge is 0.383 e. The number of aromatic nitrogens is 1. The van der Waals surface area contributed by atoms with Gasteiger partial charge in [-0.3, -0.25) is 0 Å². The van der Waals surface area contributed by atoms with Gasteiger partial charge < -0.3 is 5.73 Å². The van der Waals surface area contributed by atoms with Crippen molar-refractivity contribution >= 4 is 25.6 Å². The Morgan fingerprint density at radius 1 is 1.53 bits per heavy atom. The highest BCUT2D eigenvalue weighted by molar-refractivity contribution is 8.13. The first kappa shape index (κ1) is 12.1. The molecule has 0 saturated heterocycles. The van der Waals surface area contributed by atoms with Gasteiger partial charge in [0.05, 0.1) is 5.56 Å². The third-order valence-corrected chi connectivity index (χ3v) is 2.92. The number of hydrogen-bond donors (Lipinski definition) is 1. The third kappa shape index (κ3) is 2.54. The topological polar surface area (TPSA) is 73.0 Å². The molecule has 1 heterocycles. The van der Waals surface area contributed by atoms with Gasteiger partial charge in [0.25, 0.3) is 15.5 Å². The Hall–Kier alpha value is -0.950. The van der Waals surface area contributed by atoms with Gasteiger partial charge >= 0.3 is 0 Å². The van der Waals surface area contributed by atoms with Crippen LogP contribution in [-0.4, -0.2) is 13.4 Å². The van der Waals surface area contributed by atoms with Crippen LogP contribution < -0.4 is 5.73 Å². The van der Waals surface area contributed by atoms with Gasteiger partial charge in [0.1, 0.15) is 5.82 Å². The van der Waals surface area contributed by atoms with Crippen molar-refractivity contribution in [3.8, 4) is 0 Å². The van der Waals surface area contributed by atoms with Crippen LogP contribution in [0.5, 0.6) is 0 Å². The Bertz CT molecular complexity index is 467. The summed E-state index contributed by atoms with van der Waals surface area (Å²) in [5, 5.41) is -0.524. The lowest BCUT2D eigenvalue weighted by atomic mass is 10.1. The third-order valence-electron chi connectivity index (χ3n) is 1.74. The van der Waals surface area contributed by atoms with Crippen LogP contribution in [0.3, 0.4) is 0 Å². The maximum Gasteiger partial charge on any atom is 0.278 e. The van der Waals surface area contributed by atoms with Gasteiger partial charge in [-0.15, -0.1) is 0 Å². The zero-order chi connectivity index (χ0) is 11.8. The van der Waals surface area contributed by atoms with Gasteiger partial charge in [-0.1, -0.05) is 0 Å². The van der Waals surface area contributed by atoms with E-state index in [0.29, 0.717) is 0 Å². The highest BCUT2D eigenvalue weighted by Gasteiger charge is 2.20. The van der Waals surface area contributed by atoms with E-state index < -0.39 is 31.9 Å². The summed E-state index contributed by atoms with van der Waals surface area (Å²) in [5.74, 6) is -0.524. The van der Waals surface area contributed by atoms with Crippen molar-refractivity contribution in [3.63, 3.8) is 0 Å². The minimum atomic E-state index is -4.05. The van der Waals surface area contributed by atoms with Gasteiger partial charge in [-0.2, -0.15) is 0 Å². The Balaban J connectivity index is 3.45. The fourth-order valence-electron chi connectivity index (χ4n) is 1.08. The molecule has 2 N–H and O–H groups in total. The second-order valence-corrected chi connectivity index (χ2v) is 5.33. The molecule has 0 fully saturated rings. The van der Waals surface area contributed by atoms with E-state index in [4.69, 9.17) is 16.4 Å².